The van der Waals surface area contributed by atoms with E-state index >= 15 is 0 Å². The molecule has 3 N–H and O–H groups in total. The Labute approximate surface area is 109 Å². The summed E-state index contributed by atoms with van der Waals surface area (Å²) in [5.74, 6) is 0.0376. The fourth-order valence-electron chi connectivity index (χ4n) is 1.80. The maximum absolute atomic E-state index is 11.8. The summed E-state index contributed by atoms with van der Waals surface area (Å²) in [7, 11) is 0. The van der Waals surface area contributed by atoms with Gasteiger partial charge in [-0.25, -0.2) is 0 Å². The molecular formula is C14H23N3O. The van der Waals surface area contributed by atoms with Crippen LogP contribution in [0.1, 0.15) is 25.8 Å². The third-order valence-electron chi connectivity index (χ3n) is 3.20. The molecule has 0 saturated carbocycles. The zero-order valence-electron chi connectivity index (χ0n) is 11.5. The number of nitrogens with two attached hydrogens (primary N) is 1. The van der Waals surface area contributed by atoms with Gasteiger partial charge in [-0.15, -0.1) is 0 Å². The minimum atomic E-state index is 0.0376. The number of carbonyl (C=O) groups is 1. The molecule has 0 aliphatic heterocycles. The van der Waals surface area contributed by atoms with Gasteiger partial charge < -0.3 is 16.0 Å². The van der Waals surface area contributed by atoms with Gasteiger partial charge in [0.2, 0.25) is 5.91 Å². The number of hydrogen-bond donors (Lipinski definition) is 2. The quantitative estimate of drug-likeness (QED) is 0.760. The van der Waals surface area contributed by atoms with Crippen LogP contribution in [0.25, 0.3) is 0 Å². The molecule has 0 fully saturated rings. The summed E-state index contributed by atoms with van der Waals surface area (Å²) in [6.07, 6.45) is 0.510. The highest BCUT2D eigenvalue weighted by atomic mass is 16.1. The van der Waals surface area contributed by atoms with Gasteiger partial charge in [-0.1, -0.05) is 19.9 Å². The Kier molecular flexibility index (Phi) is 5.65. The van der Waals surface area contributed by atoms with Crippen molar-refractivity contribution in [2.24, 2.45) is 0 Å². The Bertz CT molecular complexity index is 400. The number of carbonyl (C=O) groups excluding carboxylic acids is 1. The SMILES string of the molecule is CCN(CC)CCC(=O)Nc1cccc(N)c1C. The number of amides is 1. The standard InChI is InChI=1S/C14H23N3O/c1-4-17(5-2)10-9-14(18)16-13-8-6-7-12(15)11(13)3/h6-8H,4-5,9-10,15H2,1-3H3,(H,16,18). The number of hydrogen-bond acceptors (Lipinski definition) is 3. The summed E-state index contributed by atoms with van der Waals surface area (Å²) in [6, 6.07) is 5.56. The third kappa shape index (κ3) is 4.04. The molecule has 1 aromatic rings. The van der Waals surface area contributed by atoms with Crippen molar-refractivity contribution in [1.82, 2.24) is 4.90 Å². The van der Waals surface area contributed by atoms with E-state index in [0.717, 1.165) is 30.9 Å². The minimum absolute atomic E-state index is 0.0376. The van der Waals surface area contributed by atoms with Gasteiger partial charge in [0, 0.05) is 24.3 Å². The van der Waals surface area contributed by atoms with Crippen molar-refractivity contribution in [2.45, 2.75) is 27.2 Å². The summed E-state index contributed by atoms with van der Waals surface area (Å²) in [4.78, 5) is 14.1. The number of nitrogen functional groups attached to an aromatic ring is 1. The lowest BCUT2D eigenvalue weighted by molar-refractivity contribution is -0.116. The van der Waals surface area contributed by atoms with E-state index in [1.807, 2.05) is 25.1 Å². The second-order valence-corrected chi connectivity index (χ2v) is 4.34. The topological polar surface area (TPSA) is 58.4 Å². The minimum Gasteiger partial charge on any atom is -0.398 e. The predicted octanol–water partition coefficient (Wildman–Crippen LogP) is 2.25. The van der Waals surface area contributed by atoms with E-state index in [-0.39, 0.29) is 5.91 Å². The fourth-order valence-corrected chi connectivity index (χ4v) is 1.80. The van der Waals surface area contributed by atoms with Crippen LogP contribution in [0.5, 0.6) is 0 Å². The van der Waals surface area contributed by atoms with Crippen LogP contribution >= 0.6 is 0 Å². The molecule has 0 saturated heterocycles. The van der Waals surface area contributed by atoms with Gasteiger partial charge in [-0.3, -0.25) is 4.79 Å². The molecule has 18 heavy (non-hydrogen) atoms. The van der Waals surface area contributed by atoms with Crippen molar-refractivity contribution in [3.05, 3.63) is 23.8 Å². The summed E-state index contributed by atoms with van der Waals surface area (Å²) < 4.78 is 0. The van der Waals surface area contributed by atoms with Gasteiger partial charge in [0.25, 0.3) is 0 Å². The molecule has 100 valence electrons. The van der Waals surface area contributed by atoms with E-state index in [4.69, 9.17) is 5.73 Å². The van der Waals surface area contributed by atoms with Gasteiger partial charge in [0.05, 0.1) is 0 Å². The Hall–Kier alpha value is -1.55. The van der Waals surface area contributed by atoms with Crippen LogP contribution in [0.2, 0.25) is 0 Å². The van der Waals surface area contributed by atoms with Crippen molar-refractivity contribution >= 4 is 17.3 Å². The number of nitrogens with one attached hydrogen (secondary N) is 1. The van der Waals surface area contributed by atoms with Crippen molar-refractivity contribution in [3.63, 3.8) is 0 Å². The van der Waals surface area contributed by atoms with Crippen LogP contribution in [0.15, 0.2) is 18.2 Å². The zero-order valence-corrected chi connectivity index (χ0v) is 11.5. The smallest absolute Gasteiger partial charge is 0.225 e. The molecule has 0 bridgehead atoms. The van der Waals surface area contributed by atoms with Gasteiger partial charge >= 0.3 is 0 Å². The van der Waals surface area contributed by atoms with Crippen LogP contribution < -0.4 is 11.1 Å². The van der Waals surface area contributed by atoms with Crippen molar-refractivity contribution in [2.75, 3.05) is 30.7 Å². The summed E-state index contributed by atoms with van der Waals surface area (Å²) in [5, 5.41) is 2.91. The number of rotatable bonds is 6. The van der Waals surface area contributed by atoms with Gasteiger partial charge in [0.1, 0.15) is 0 Å². The van der Waals surface area contributed by atoms with Gasteiger partial charge in [-0.2, -0.15) is 0 Å². The van der Waals surface area contributed by atoms with Crippen LogP contribution in [0.3, 0.4) is 0 Å². The highest BCUT2D eigenvalue weighted by Gasteiger charge is 2.08. The molecule has 4 nitrogen and oxygen atoms in total. The molecule has 4 heteroatoms. The average molecular weight is 249 g/mol. The molecular weight excluding hydrogens is 226 g/mol. The van der Waals surface area contributed by atoms with Gasteiger partial charge in [-0.05, 0) is 37.7 Å². The number of anilines is 2. The first-order chi connectivity index (χ1) is 8.58. The Morgan fingerprint density at radius 2 is 2.00 bits per heavy atom. The van der Waals surface area contributed by atoms with E-state index in [1.165, 1.54) is 0 Å². The predicted molar refractivity (Wildman–Crippen MR) is 76.6 cm³/mol. The van der Waals surface area contributed by atoms with Crippen LogP contribution in [0, 0.1) is 6.92 Å². The van der Waals surface area contributed by atoms with E-state index in [1.54, 1.807) is 0 Å². The number of nitrogens with zero attached hydrogens (tertiary/aromatic N) is 1. The van der Waals surface area contributed by atoms with E-state index in [9.17, 15) is 4.79 Å². The maximum atomic E-state index is 11.8. The van der Waals surface area contributed by atoms with Crippen molar-refractivity contribution in [1.29, 1.82) is 0 Å². The second-order valence-electron chi connectivity index (χ2n) is 4.34. The maximum Gasteiger partial charge on any atom is 0.225 e. The summed E-state index contributed by atoms with van der Waals surface area (Å²) >= 11 is 0. The highest BCUT2D eigenvalue weighted by molar-refractivity contribution is 5.92. The van der Waals surface area contributed by atoms with Crippen LogP contribution in [-0.4, -0.2) is 30.4 Å². The van der Waals surface area contributed by atoms with E-state index in [2.05, 4.69) is 24.1 Å². The molecule has 0 unspecified atom stereocenters. The van der Waals surface area contributed by atoms with Crippen LogP contribution in [0.4, 0.5) is 11.4 Å². The first-order valence-corrected chi connectivity index (χ1v) is 6.45. The zero-order chi connectivity index (χ0) is 13.5. The van der Waals surface area contributed by atoms with Crippen LogP contribution in [-0.2, 0) is 4.79 Å². The largest absolute Gasteiger partial charge is 0.398 e. The van der Waals surface area contributed by atoms with E-state index in [0.29, 0.717) is 12.1 Å². The summed E-state index contributed by atoms with van der Waals surface area (Å²) in [5.41, 5.74) is 8.24. The summed E-state index contributed by atoms with van der Waals surface area (Å²) in [6.45, 7) is 8.85. The highest BCUT2D eigenvalue weighted by Crippen LogP contribution is 2.20. The molecule has 1 rings (SSSR count). The molecule has 0 spiro atoms. The molecule has 0 aliphatic carbocycles. The normalized spacial score (nSPS) is 10.7. The Morgan fingerprint density at radius 1 is 1.33 bits per heavy atom. The molecule has 0 atom stereocenters. The lowest BCUT2D eigenvalue weighted by Gasteiger charge is -2.17. The lowest BCUT2D eigenvalue weighted by Crippen LogP contribution is -2.27. The van der Waals surface area contributed by atoms with E-state index < -0.39 is 0 Å². The third-order valence-corrected chi connectivity index (χ3v) is 3.20. The molecule has 1 aromatic carbocycles. The molecule has 0 heterocycles. The molecule has 0 radical (unpaired) electrons. The lowest BCUT2D eigenvalue weighted by atomic mass is 10.1. The fraction of sp³-hybridized carbons (Fsp3) is 0.500. The number of benzene rings is 1. The molecule has 1 amide bonds. The van der Waals surface area contributed by atoms with Gasteiger partial charge in [0.15, 0.2) is 0 Å². The molecule has 0 aromatic heterocycles. The first kappa shape index (κ1) is 14.5. The van der Waals surface area contributed by atoms with Crippen molar-refractivity contribution in [3.8, 4) is 0 Å². The Balaban J connectivity index is 2.52. The second kappa shape index (κ2) is 7.01. The van der Waals surface area contributed by atoms with Crippen molar-refractivity contribution < 1.29 is 4.79 Å². The average Bonchev–Trinajstić information content (AvgIpc) is 2.36. The Morgan fingerprint density at radius 3 is 2.61 bits per heavy atom. The first-order valence-electron chi connectivity index (χ1n) is 6.45. The molecule has 0 aliphatic rings. The monoisotopic (exact) mass is 249 g/mol.